The van der Waals surface area contributed by atoms with Gasteiger partial charge in [0.1, 0.15) is 0 Å². The first-order valence-corrected chi connectivity index (χ1v) is 5.29. The second kappa shape index (κ2) is 4.24. The van der Waals surface area contributed by atoms with Gasteiger partial charge < -0.3 is 10.4 Å². The molecule has 0 atom stereocenters. The first-order valence-electron chi connectivity index (χ1n) is 5.29. The summed E-state index contributed by atoms with van der Waals surface area (Å²) in [5, 5.41) is 24.7. The molecule has 0 bridgehead atoms. The monoisotopic (exact) mass is 211 g/mol. The molecule has 1 aromatic heterocycles. The minimum atomic E-state index is -0.0473. The molecule has 2 N–H and O–H groups in total. The average molecular weight is 211 g/mol. The summed E-state index contributed by atoms with van der Waals surface area (Å²) in [5.74, 6) is 0.730. The number of hydrogen-bond acceptors (Lipinski definition) is 5. The van der Waals surface area contributed by atoms with E-state index < -0.39 is 0 Å². The van der Waals surface area contributed by atoms with Crippen LogP contribution in [-0.2, 0) is 13.5 Å². The molecule has 0 saturated carbocycles. The number of aliphatic hydroxyl groups is 1. The Bertz CT molecular complexity index is 318. The van der Waals surface area contributed by atoms with Crippen LogP contribution in [0.3, 0.4) is 0 Å². The summed E-state index contributed by atoms with van der Waals surface area (Å²) < 4.78 is 0. The fourth-order valence-electron chi connectivity index (χ4n) is 2.08. The van der Waals surface area contributed by atoms with Crippen LogP contribution in [-0.4, -0.2) is 45.0 Å². The van der Waals surface area contributed by atoms with Gasteiger partial charge in [0.2, 0.25) is 0 Å². The third-order valence-corrected chi connectivity index (χ3v) is 3.08. The van der Waals surface area contributed by atoms with Gasteiger partial charge in [-0.15, -0.1) is 10.2 Å². The molecule has 6 heteroatoms. The van der Waals surface area contributed by atoms with E-state index in [-0.39, 0.29) is 12.0 Å². The summed E-state index contributed by atoms with van der Waals surface area (Å²) in [7, 11) is 1.75. The maximum atomic E-state index is 9.50. The van der Waals surface area contributed by atoms with Crippen molar-refractivity contribution in [3.63, 3.8) is 0 Å². The SMILES string of the molecule is Cn1nnc(CC2(CO)CCNCC2)n1. The summed E-state index contributed by atoms with van der Waals surface area (Å²) >= 11 is 0. The van der Waals surface area contributed by atoms with Crippen LogP contribution in [0.2, 0.25) is 0 Å². The number of piperidine rings is 1. The molecular weight excluding hydrogens is 194 g/mol. The quantitative estimate of drug-likeness (QED) is 0.678. The van der Waals surface area contributed by atoms with Crippen LogP contribution in [0, 0.1) is 5.41 Å². The highest BCUT2D eigenvalue weighted by Gasteiger charge is 2.32. The predicted octanol–water partition coefficient (Wildman–Crippen LogP) is -0.885. The van der Waals surface area contributed by atoms with Gasteiger partial charge in [-0.25, -0.2) is 0 Å². The third kappa shape index (κ3) is 2.32. The largest absolute Gasteiger partial charge is 0.396 e. The molecular formula is C9H17N5O. The van der Waals surface area contributed by atoms with Crippen LogP contribution >= 0.6 is 0 Å². The van der Waals surface area contributed by atoms with Gasteiger partial charge in [0.05, 0.1) is 7.05 Å². The lowest BCUT2D eigenvalue weighted by Gasteiger charge is -2.34. The van der Waals surface area contributed by atoms with E-state index in [0.29, 0.717) is 0 Å². The Labute approximate surface area is 88.7 Å². The summed E-state index contributed by atoms with van der Waals surface area (Å²) in [4.78, 5) is 1.46. The van der Waals surface area contributed by atoms with Crippen LogP contribution in [0.5, 0.6) is 0 Å². The van der Waals surface area contributed by atoms with Crippen molar-refractivity contribution in [3.05, 3.63) is 5.82 Å². The van der Waals surface area contributed by atoms with Crippen molar-refractivity contribution >= 4 is 0 Å². The van der Waals surface area contributed by atoms with Crippen LogP contribution in [0.1, 0.15) is 18.7 Å². The summed E-state index contributed by atoms with van der Waals surface area (Å²) in [5.41, 5.74) is -0.0473. The van der Waals surface area contributed by atoms with E-state index in [4.69, 9.17) is 0 Å². The molecule has 84 valence electrons. The number of rotatable bonds is 3. The minimum Gasteiger partial charge on any atom is -0.396 e. The number of aryl methyl sites for hydroxylation is 1. The summed E-state index contributed by atoms with van der Waals surface area (Å²) in [6.07, 6.45) is 2.67. The Morgan fingerprint density at radius 3 is 2.73 bits per heavy atom. The van der Waals surface area contributed by atoms with Gasteiger partial charge in [-0.1, -0.05) is 0 Å². The Hall–Kier alpha value is -1.01. The van der Waals surface area contributed by atoms with E-state index in [1.54, 1.807) is 7.05 Å². The number of nitrogens with one attached hydrogen (secondary N) is 1. The van der Waals surface area contributed by atoms with Gasteiger partial charge in [-0.05, 0) is 31.1 Å². The molecule has 0 aliphatic carbocycles. The van der Waals surface area contributed by atoms with Crippen LogP contribution in [0.25, 0.3) is 0 Å². The average Bonchev–Trinajstić information content (AvgIpc) is 2.65. The molecule has 1 saturated heterocycles. The lowest BCUT2D eigenvalue weighted by atomic mass is 9.77. The normalized spacial score (nSPS) is 20.4. The number of hydrogen-bond donors (Lipinski definition) is 2. The molecule has 2 heterocycles. The second-order valence-corrected chi connectivity index (χ2v) is 4.28. The summed E-state index contributed by atoms with van der Waals surface area (Å²) in [6, 6.07) is 0. The zero-order valence-corrected chi connectivity index (χ0v) is 8.98. The minimum absolute atomic E-state index is 0.0473. The van der Waals surface area contributed by atoms with E-state index in [9.17, 15) is 5.11 Å². The maximum absolute atomic E-state index is 9.50. The predicted molar refractivity (Wildman–Crippen MR) is 54.1 cm³/mol. The molecule has 1 aromatic rings. The second-order valence-electron chi connectivity index (χ2n) is 4.28. The van der Waals surface area contributed by atoms with Crippen molar-refractivity contribution in [1.82, 2.24) is 25.5 Å². The van der Waals surface area contributed by atoms with Gasteiger partial charge in [-0.3, -0.25) is 0 Å². The number of nitrogens with zero attached hydrogens (tertiary/aromatic N) is 4. The Kier molecular flexibility index (Phi) is 2.97. The zero-order chi connectivity index (χ0) is 10.7. The van der Waals surface area contributed by atoms with Gasteiger partial charge >= 0.3 is 0 Å². The number of tetrazole rings is 1. The maximum Gasteiger partial charge on any atom is 0.175 e. The van der Waals surface area contributed by atoms with E-state index in [0.717, 1.165) is 38.2 Å². The lowest BCUT2D eigenvalue weighted by molar-refractivity contribution is 0.0872. The Morgan fingerprint density at radius 1 is 1.47 bits per heavy atom. The highest BCUT2D eigenvalue weighted by Crippen LogP contribution is 2.31. The van der Waals surface area contributed by atoms with E-state index in [1.165, 1.54) is 4.80 Å². The first-order chi connectivity index (χ1) is 7.24. The third-order valence-electron chi connectivity index (χ3n) is 3.08. The fourth-order valence-corrected chi connectivity index (χ4v) is 2.08. The van der Waals surface area contributed by atoms with Crippen LogP contribution in [0.4, 0.5) is 0 Å². The van der Waals surface area contributed by atoms with Crippen molar-refractivity contribution in [2.45, 2.75) is 19.3 Å². The lowest BCUT2D eigenvalue weighted by Crippen LogP contribution is -2.40. The molecule has 0 spiro atoms. The van der Waals surface area contributed by atoms with Gasteiger partial charge in [-0.2, -0.15) is 4.80 Å². The topological polar surface area (TPSA) is 75.9 Å². The standard InChI is InChI=1S/C9H17N5O/c1-14-12-8(11-13-14)6-9(7-15)2-4-10-5-3-9/h10,15H,2-7H2,1H3. The van der Waals surface area contributed by atoms with E-state index in [1.807, 2.05) is 0 Å². The van der Waals surface area contributed by atoms with E-state index >= 15 is 0 Å². The molecule has 1 aliphatic rings. The van der Waals surface area contributed by atoms with Crippen molar-refractivity contribution in [2.24, 2.45) is 12.5 Å². The van der Waals surface area contributed by atoms with E-state index in [2.05, 4.69) is 20.7 Å². The molecule has 0 amide bonds. The van der Waals surface area contributed by atoms with Crippen molar-refractivity contribution in [3.8, 4) is 0 Å². The Morgan fingerprint density at radius 2 is 2.20 bits per heavy atom. The zero-order valence-electron chi connectivity index (χ0n) is 8.98. The highest BCUT2D eigenvalue weighted by molar-refractivity contribution is 4.93. The highest BCUT2D eigenvalue weighted by atomic mass is 16.3. The number of aromatic nitrogens is 4. The first kappa shape index (κ1) is 10.5. The van der Waals surface area contributed by atoms with Crippen molar-refractivity contribution in [1.29, 1.82) is 0 Å². The fraction of sp³-hybridized carbons (Fsp3) is 0.889. The smallest absolute Gasteiger partial charge is 0.175 e. The molecule has 0 unspecified atom stereocenters. The number of aliphatic hydroxyl groups excluding tert-OH is 1. The molecule has 0 aromatic carbocycles. The van der Waals surface area contributed by atoms with Gasteiger partial charge in [0, 0.05) is 18.4 Å². The van der Waals surface area contributed by atoms with Gasteiger partial charge in [0.15, 0.2) is 5.82 Å². The van der Waals surface area contributed by atoms with Crippen molar-refractivity contribution in [2.75, 3.05) is 19.7 Å². The summed E-state index contributed by atoms with van der Waals surface area (Å²) in [6.45, 7) is 2.12. The molecule has 15 heavy (non-hydrogen) atoms. The van der Waals surface area contributed by atoms with Crippen LogP contribution in [0.15, 0.2) is 0 Å². The molecule has 2 rings (SSSR count). The molecule has 0 radical (unpaired) electrons. The van der Waals surface area contributed by atoms with Crippen LogP contribution < -0.4 is 5.32 Å². The van der Waals surface area contributed by atoms with Gasteiger partial charge in [0.25, 0.3) is 0 Å². The molecule has 6 nitrogen and oxygen atoms in total. The Balaban J connectivity index is 2.06. The van der Waals surface area contributed by atoms with Crippen molar-refractivity contribution < 1.29 is 5.11 Å². The molecule has 1 aliphatic heterocycles. The molecule has 1 fully saturated rings.